The fourth-order valence-electron chi connectivity index (χ4n) is 3.87. The quantitative estimate of drug-likeness (QED) is 0.837. The predicted molar refractivity (Wildman–Crippen MR) is 90.7 cm³/mol. The number of hydrogen-bond acceptors (Lipinski definition) is 3. The maximum absolute atomic E-state index is 5.33. The van der Waals surface area contributed by atoms with Gasteiger partial charge in [0.15, 0.2) is 0 Å². The fraction of sp³-hybridized carbons (Fsp3) is 0.526. The van der Waals surface area contributed by atoms with Crippen LogP contribution in [0.5, 0.6) is 0 Å². The van der Waals surface area contributed by atoms with E-state index in [1.165, 1.54) is 22.4 Å². The van der Waals surface area contributed by atoms with Gasteiger partial charge in [0, 0.05) is 19.0 Å². The summed E-state index contributed by atoms with van der Waals surface area (Å²) in [6, 6.07) is 4.66. The summed E-state index contributed by atoms with van der Waals surface area (Å²) in [6.45, 7) is 10.8. The largest absolute Gasteiger partial charge is 0.368 e. The zero-order valence-electron chi connectivity index (χ0n) is 14.1. The Morgan fingerprint density at radius 2 is 2.00 bits per heavy atom. The second-order valence-corrected chi connectivity index (χ2v) is 6.42. The number of rotatable bonds is 4. The molecule has 0 saturated heterocycles. The first-order valence-electron chi connectivity index (χ1n) is 8.42. The number of benzene rings is 1. The molecule has 1 unspecified atom stereocenters. The summed E-state index contributed by atoms with van der Waals surface area (Å²) in [5, 5.41) is 4.36. The van der Waals surface area contributed by atoms with Crippen molar-refractivity contribution in [1.29, 1.82) is 0 Å². The Kier molecular flexibility index (Phi) is 4.23. The van der Waals surface area contributed by atoms with Crippen LogP contribution in [0.3, 0.4) is 0 Å². The number of anilines is 1. The van der Waals surface area contributed by atoms with Crippen LogP contribution in [0.1, 0.15) is 54.1 Å². The van der Waals surface area contributed by atoms with E-state index in [1.54, 1.807) is 5.56 Å². The highest BCUT2D eigenvalue weighted by Gasteiger charge is 2.27. The molecule has 1 heterocycles. The lowest BCUT2D eigenvalue weighted by Gasteiger charge is -2.28. The van der Waals surface area contributed by atoms with E-state index in [9.17, 15) is 0 Å². The Labute approximate surface area is 133 Å². The van der Waals surface area contributed by atoms with Crippen molar-refractivity contribution in [2.45, 2.75) is 52.9 Å². The van der Waals surface area contributed by atoms with Crippen molar-refractivity contribution in [1.82, 2.24) is 5.16 Å². The van der Waals surface area contributed by atoms with Crippen LogP contribution >= 0.6 is 0 Å². The van der Waals surface area contributed by atoms with Gasteiger partial charge in [0.1, 0.15) is 17.6 Å². The molecule has 0 bridgehead atoms. The summed E-state index contributed by atoms with van der Waals surface area (Å²) >= 11 is 0. The van der Waals surface area contributed by atoms with E-state index in [2.05, 4.69) is 49.9 Å². The predicted octanol–water partition coefficient (Wildman–Crippen LogP) is 4.41. The summed E-state index contributed by atoms with van der Waals surface area (Å²) < 4.78 is 5.33. The van der Waals surface area contributed by atoms with Crippen LogP contribution in [0.4, 0.5) is 5.69 Å². The molecule has 0 fully saturated rings. The Morgan fingerprint density at radius 3 is 2.73 bits per heavy atom. The highest BCUT2D eigenvalue weighted by molar-refractivity contribution is 5.51. The van der Waals surface area contributed by atoms with Crippen molar-refractivity contribution in [2.24, 2.45) is 0 Å². The minimum absolute atomic E-state index is 0.475. The van der Waals surface area contributed by atoms with E-state index in [4.69, 9.17) is 4.52 Å². The number of aromatic nitrogens is 1. The lowest BCUT2D eigenvalue weighted by molar-refractivity contribution is 0.399. The van der Waals surface area contributed by atoms with Crippen molar-refractivity contribution in [3.63, 3.8) is 0 Å². The number of aryl methyl sites for hydroxylation is 2. The fourth-order valence-corrected chi connectivity index (χ4v) is 3.87. The van der Waals surface area contributed by atoms with E-state index in [0.29, 0.717) is 5.92 Å². The van der Waals surface area contributed by atoms with Gasteiger partial charge in [-0.15, -0.1) is 0 Å². The van der Waals surface area contributed by atoms with E-state index in [0.717, 1.165) is 38.0 Å². The van der Waals surface area contributed by atoms with Gasteiger partial charge in [-0.2, -0.15) is 0 Å². The van der Waals surface area contributed by atoms with Gasteiger partial charge in [-0.05, 0) is 63.6 Å². The summed E-state index contributed by atoms with van der Waals surface area (Å²) in [5.74, 6) is 0.475. The third-order valence-electron chi connectivity index (χ3n) is 4.99. The molecule has 0 spiro atoms. The van der Waals surface area contributed by atoms with Crippen LogP contribution in [0.2, 0.25) is 0 Å². The van der Waals surface area contributed by atoms with Crippen molar-refractivity contribution >= 4 is 5.69 Å². The zero-order chi connectivity index (χ0) is 15.7. The second kappa shape index (κ2) is 6.15. The van der Waals surface area contributed by atoms with E-state index in [-0.39, 0.29) is 0 Å². The third-order valence-corrected chi connectivity index (χ3v) is 4.99. The molecule has 1 aromatic heterocycles. The van der Waals surface area contributed by atoms with Crippen molar-refractivity contribution in [3.05, 3.63) is 46.3 Å². The normalized spacial score (nSPS) is 17.4. The number of nitrogens with zero attached hydrogens (tertiary/aromatic N) is 2. The van der Waals surface area contributed by atoms with Gasteiger partial charge >= 0.3 is 0 Å². The highest BCUT2D eigenvalue weighted by Crippen LogP contribution is 2.37. The molecule has 0 saturated carbocycles. The summed E-state index contributed by atoms with van der Waals surface area (Å²) in [7, 11) is 0. The maximum atomic E-state index is 5.33. The molecule has 0 aliphatic heterocycles. The van der Waals surface area contributed by atoms with E-state index in [1.807, 2.05) is 6.26 Å². The molecule has 1 aliphatic rings. The van der Waals surface area contributed by atoms with Gasteiger partial charge in [-0.25, -0.2) is 0 Å². The van der Waals surface area contributed by atoms with Crippen LogP contribution in [-0.2, 0) is 12.8 Å². The van der Waals surface area contributed by atoms with Crippen LogP contribution in [0.15, 0.2) is 22.9 Å². The van der Waals surface area contributed by atoms with Crippen molar-refractivity contribution in [3.8, 4) is 0 Å². The van der Waals surface area contributed by atoms with E-state index < -0.39 is 0 Å². The van der Waals surface area contributed by atoms with Crippen molar-refractivity contribution < 1.29 is 4.52 Å². The minimum Gasteiger partial charge on any atom is -0.368 e. The molecule has 1 atom stereocenters. The second-order valence-electron chi connectivity index (χ2n) is 6.42. The third kappa shape index (κ3) is 2.65. The average molecular weight is 298 g/mol. The number of fused-ring (bicyclic) bond motifs is 1. The maximum Gasteiger partial charge on any atom is 0.147 e. The molecule has 3 heteroatoms. The Morgan fingerprint density at radius 1 is 1.23 bits per heavy atom. The first-order chi connectivity index (χ1) is 10.6. The van der Waals surface area contributed by atoms with E-state index >= 15 is 0 Å². The summed E-state index contributed by atoms with van der Waals surface area (Å²) in [5.41, 5.74) is 8.19. The molecule has 22 heavy (non-hydrogen) atoms. The molecule has 0 radical (unpaired) electrons. The van der Waals surface area contributed by atoms with Gasteiger partial charge in [0.05, 0.1) is 0 Å². The van der Waals surface area contributed by atoms with Gasteiger partial charge in [-0.1, -0.05) is 22.9 Å². The smallest absolute Gasteiger partial charge is 0.147 e. The van der Waals surface area contributed by atoms with Gasteiger partial charge in [0.2, 0.25) is 0 Å². The molecule has 118 valence electrons. The molecule has 3 rings (SSSR count). The summed E-state index contributed by atoms with van der Waals surface area (Å²) in [6.07, 6.45) is 5.21. The van der Waals surface area contributed by atoms with Crippen LogP contribution in [0.25, 0.3) is 0 Å². The SMILES string of the molecule is CCN(CC)c1conc1C1CCc2c(C)cc(C)cc2C1. The molecule has 1 aromatic carbocycles. The Hall–Kier alpha value is -1.77. The van der Waals surface area contributed by atoms with Crippen LogP contribution in [0, 0.1) is 13.8 Å². The Bertz CT molecular complexity index is 655. The molecule has 2 aromatic rings. The first-order valence-corrected chi connectivity index (χ1v) is 8.42. The molecular weight excluding hydrogens is 272 g/mol. The molecule has 3 nitrogen and oxygen atoms in total. The summed E-state index contributed by atoms with van der Waals surface area (Å²) in [4.78, 5) is 2.34. The van der Waals surface area contributed by atoms with Crippen molar-refractivity contribution in [2.75, 3.05) is 18.0 Å². The first kappa shape index (κ1) is 15.1. The topological polar surface area (TPSA) is 29.3 Å². The lowest BCUT2D eigenvalue weighted by Crippen LogP contribution is -2.24. The van der Waals surface area contributed by atoms with Crippen LogP contribution < -0.4 is 4.90 Å². The molecule has 0 amide bonds. The van der Waals surface area contributed by atoms with Gasteiger partial charge < -0.3 is 9.42 Å². The van der Waals surface area contributed by atoms with Crippen LogP contribution in [-0.4, -0.2) is 18.2 Å². The van der Waals surface area contributed by atoms with Gasteiger partial charge in [0.25, 0.3) is 0 Å². The standard InChI is InChI=1S/C19H26N2O/c1-5-21(6-2)18-12-22-20-19(18)15-7-8-17-14(4)9-13(3)10-16(17)11-15/h9-10,12,15H,5-8,11H2,1-4H3. The lowest BCUT2D eigenvalue weighted by atomic mass is 9.79. The Balaban J connectivity index is 1.91. The number of hydrogen-bond donors (Lipinski definition) is 0. The average Bonchev–Trinajstić information content (AvgIpc) is 2.97. The zero-order valence-corrected chi connectivity index (χ0v) is 14.1. The molecular formula is C19H26N2O. The highest BCUT2D eigenvalue weighted by atomic mass is 16.5. The molecule has 0 N–H and O–H groups in total. The monoisotopic (exact) mass is 298 g/mol. The minimum atomic E-state index is 0.475. The van der Waals surface area contributed by atoms with Gasteiger partial charge in [-0.3, -0.25) is 0 Å². The molecule has 1 aliphatic carbocycles.